The van der Waals surface area contributed by atoms with Crippen LogP contribution in [-0.4, -0.2) is 26.8 Å². The summed E-state index contributed by atoms with van der Waals surface area (Å²) in [7, 11) is 0. The van der Waals surface area contributed by atoms with E-state index >= 15 is 0 Å². The van der Waals surface area contributed by atoms with Crippen LogP contribution in [0.25, 0.3) is 10.2 Å². The molecule has 148 valence electrons. The van der Waals surface area contributed by atoms with Gasteiger partial charge >= 0.3 is 0 Å². The van der Waals surface area contributed by atoms with E-state index in [4.69, 9.17) is 0 Å². The Balaban J connectivity index is 1.17. The Morgan fingerprint density at radius 2 is 1.76 bits per heavy atom. The van der Waals surface area contributed by atoms with Crippen LogP contribution in [0.15, 0.2) is 63.3 Å². The molecule has 0 radical (unpaired) electrons. The number of amides is 1. The topological polar surface area (TPSA) is 67.8 Å². The summed E-state index contributed by atoms with van der Waals surface area (Å²) in [5.74, 6) is 1.68. The predicted octanol–water partition coefficient (Wildman–Crippen LogP) is 5.95. The number of thiazole rings is 1. The summed E-state index contributed by atoms with van der Waals surface area (Å²) in [6.45, 7) is 0. The van der Waals surface area contributed by atoms with Crippen molar-refractivity contribution in [1.29, 1.82) is 0 Å². The van der Waals surface area contributed by atoms with Gasteiger partial charge in [0, 0.05) is 17.9 Å². The average Bonchev–Trinajstić information content (AvgIpc) is 3.36. The maximum Gasteiger partial charge on any atom is 0.226 e. The standard InChI is InChI=1S/C20H18N4OS4/c25-17(11-6-12-26-19-21-15-9-4-5-10-16(15)28-19)22-18-23-24-20(29-18)27-13-14-7-2-1-3-8-14/h1-5,7-10H,6,11-13H2,(H,22,23,25). The SMILES string of the molecule is O=C(CCCSc1nc2ccccc2s1)Nc1nnc(SCc2ccccc2)s1. The van der Waals surface area contributed by atoms with Crippen molar-refractivity contribution in [3.05, 3.63) is 60.2 Å². The Kier molecular flexibility index (Phi) is 7.15. The highest BCUT2D eigenvalue weighted by Crippen LogP contribution is 2.30. The van der Waals surface area contributed by atoms with Crippen molar-refractivity contribution < 1.29 is 4.79 Å². The smallest absolute Gasteiger partial charge is 0.226 e. The molecule has 0 aliphatic carbocycles. The molecule has 29 heavy (non-hydrogen) atoms. The lowest BCUT2D eigenvalue weighted by Crippen LogP contribution is -2.11. The first-order valence-corrected chi connectivity index (χ1v) is 12.6. The molecule has 2 heterocycles. The molecule has 0 saturated heterocycles. The van der Waals surface area contributed by atoms with Crippen molar-refractivity contribution in [3.8, 4) is 0 Å². The van der Waals surface area contributed by atoms with E-state index < -0.39 is 0 Å². The summed E-state index contributed by atoms with van der Waals surface area (Å²) in [5.41, 5.74) is 2.28. The fourth-order valence-electron chi connectivity index (χ4n) is 2.52. The third-order valence-corrected chi connectivity index (χ3v) is 8.21. The van der Waals surface area contributed by atoms with E-state index in [0.717, 1.165) is 32.1 Å². The second-order valence-electron chi connectivity index (χ2n) is 6.10. The molecule has 5 nitrogen and oxygen atoms in total. The van der Waals surface area contributed by atoms with Crippen LogP contribution in [0.5, 0.6) is 0 Å². The van der Waals surface area contributed by atoms with E-state index in [1.165, 1.54) is 21.6 Å². The van der Waals surface area contributed by atoms with Gasteiger partial charge in [-0.05, 0) is 24.1 Å². The molecule has 0 fully saturated rings. The number of rotatable bonds is 9. The molecule has 1 N–H and O–H groups in total. The highest BCUT2D eigenvalue weighted by atomic mass is 32.2. The number of hydrogen-bond donors (Lipinski definition) is 1. The fourth-order valence-corrected chi connectivity index (χ4v) is 6.33. The third kappa shape index (κ3) is 6.02. The zero-order valence-corrected chi connectivity index (χ0v) is 18.7. The van der Waals surface area contributed by atoms with Gasteiger partial charge in [-0.25, -0.2) is 4.98 Å². The minimum Gasteiger partial charge on any atom is -0.301 e. The molecule has 0 spiro atoms. The van der Waals surface area contributed by atoms with Gasteiger partial charge in [0.2, 0.25) is 11.0 Å². The summed E-state index contributed by atoms with van der Waals surface area (Å²) in [6.07, 6.45) is 1.25. The van der Waals surface area contributed by atoms with Gasteiger partial charge in [0.1, 0.15) is 0 Å². The van der Waals surface area contributed by atoms with Crippen molar-refractivity contribution in [3.63, 3.8) is 0 Å². The van der Waals surface area contributed by atoms with Crippen LogP contribution in [0.1, 0.15) is 18.4 Å². The van der Waals surface area contributed by atoms with Crippen molar-refractivity contribution in [2.24, 2.45) is 0 Å². The van der Waals surface area contributed by atoms with E-state index in [1.807, 2.05) is 36.4 Å². The maximum atomic E-state index is 12.2. The first-order valence-electron chi connectivity index (χ1n) is 9.05. The van der Waals surface area contributed by atoms with Gasteiger partial charge in [0.15, 0.2) is 8.68 Å². The van der Waals surface area contributed by atoms with Crippen LogP contribution in [0.3, 0.4) is 0 Å². The first-order chi connectivity index (χ1) is 14.3. The Morgan fingerprint density at radius 3 is 2.62 bits per heavy atom. The maximum absolute atomic E-state index is 12.2. The second kappa shape index (κ2) is 10.2. The number of anilines is 1. The molecule has 4 aromatic rings. The summed E-state index contributed by atoms with van der Waals surface area (Å²) >= 11 is 6.44. The summed E-state index contributed by atoms with van der Waals surface area (Å²) in [5, 5.41) is 11.6. The molecule has 0 bridgehead atoms. The van der Waals surface area contributed by atoms with Gasteiger partial charge in [0.25, 0.3) is 0 Å². The molecule has 0 aliphatic heterocycles. The second-order valence-corrected chi connectivity index (χ2v) is 10.7. The van der Waals surface area contributed by atoms with Crippen molar-refractivity contribution in [2.45, 2.75) is 27.3 Å². The van der Waals surface area contributed by atoms with E-state index in [0.29, 0.717) is 11.6 Å². The van der Waals surface area contributed by atoms with Gasteiger partial charge in [-0.2, -0.15) is 0 Å². The Bertz CT molecular complexity index is 1050. The highest BCUT2D eigenvalue weighted by Gasteiger charge is 2.10. The van der Waals surface area contributed by atoms with Gasteiger partial charge in [-0.15, -0.1) is 21.5 Å². The molecule has 2 aromatic heterocycles. The fraction of sp³-hybridized carbons (Fsp3) is 0.200. The average molecular weight is 459 g/mol. The zero-order chi connectivity index (χ0) is 19.9. The first kappa shape index (κ1) is 20.3. The molecule has 0 saturated carbocycles. The lowest BCUT2D eigenvalue weighted by molar-refractivity contribution is -0.116. The lowest BCUT2D eigenvalue weighted by atomic mass is 10.2. The number of nitrogens with zero attached hydrogens (tertiary/aromatic N) is 3. The van der Waals surface area contributed by atoms with E-state index in [9.17, 15) is 4.79 Å². The van der Waals surface area contributed by atoms with Crippen molar-refractivity contribution >= 4 is 67.5 Å². The van der Waals surface area contributed by atoms with E-state index in [2.05, 4.69) is 38.7 Å². The van der Waals surface area contributed by atoms with Crippen LogP contribution in [0, 0.1) is 0 Å². The number of thioether (sulfide) groups is 2. The number of fused-ring (bicyclic) bond motifs is 1. The van der Waals surface area contributed by atoms with Crippen LogP contribution in [0.4, 0.5) is 5.13 Å². The molecule has 0 atom stereocenters. The number of para-hydroxylation sites is 1. The van der Waals surface area contributed by atoms with Crippen LogP contribution >= 0.6 is 46.2 Å². The third-order valence-electron chi connectivity index (χ3n) is 3.91. The van der Waals surface area contributed by atoms with Crippen LogP contribution < -0.4 is 5.32 Å². The summed E-state index contributed by atoms with van der Waals surface area (Å²) < 4.78 is 3.11. The molecule has 2 aromatic carbocycles. The molecule has 4 rings (SSSR count). The highest BCUT2D eigenvalue weighted by molar-refractivity contribution is 8.01. The molecular weight excluding hydrogens is 441 g/mol. The number of carbonyl (C=O) groups is 1. The quantitative estimate of drug-likeness (QED) is 0.190. The summed E-state index contributed by atoms with van der Waals surface area (Å²) in [4.78, 5) is 16.8. The normalized spacial score (nSPS) is 11.0. The minimum atomic E-state index is -0.0225. The molecule has 9 heteroatoms. The van der Waals surface area contributed by atoms with E-state index in [1.54, 1.807) is 34.9 Å². The van der Waals surface area contributed by atoms with Crippen LogP contribution in [-0.2, 0) is 10.5 Å². The van der Waals surface area contributed by atoms with Crippen molar-refractivity contribution in [2.75, 3.05) is 11.1 Å². The molecular formula is C20H18N4OS4. The number of nitrogens with one attached hydrogen (secondary N) is 1. The van der Waals surface area contributed by atoms with Gasteiger partial charge in [0.05, 0.1) is 10.2 Å². The van der Waals surface area contributed by atoms with Crippen molar-refractivity contribution in [1.82, 2.24) is 15.2 Å². The molecule has 0 aliphatic rings. The number of benzene rings is 2. The Morgan fingerprint density at radius 1 is 0.931 bits per heavy atom. The minimum absolute atomic E-state index is 0.0225. The summed E-state index contributed by atoms with van der Waals surface area (Å²) in [6, 6.07) is 18.4. The molecule has 0 unspecified atom stereocenters. The van der Waals surface area contributed by atoms with Crippen LogP contribution in [0.2, 0.25) is 0 Å². The van der Waals surface area contributed by atoms with Gasteiger partial charge in [-0.1, -0.05) is 77.3 Å². The number of carbonyl (C=O) groups excluding carboxylic acids is 1. The predicted molar refractivity (Wildman–Crippen MR) is 124 cm³/mol. The lowest BCUT2D eigenvalue weighted by Gasteiger charge is -2.00. The Hall–Kier alpha value is -1.94. The van der Waals surface area contributed by atoms with E-state index in [-0.39, 0.29) is 5.91 Å². The number of aromatic nitrogens is 3. The Labute approximate surface area is 185 Å². The number of hydrogen-bond acceptors (Lipinski definition) is 8. The zero-order valence-electron chi connectivity index (χ0n) is 15.4. The molecule has 1 amide bonds. The van der Waals surface area contributed by atoms with Gasteiger partial charge in [-0.3, -0.25) is 4.79 Å². The van der Waals surface area contributed by atoms with Gasteiger partial charge < -0.3 is 5.32 Å². The largest absolute Gasteiger partial charge is 0.301 e. The monoisotopic (exact) mass is 458 g/mol.